The van der Waals surface area contributed by atoms with Crippen molar-refractivity contribution in [1.82, 2.24) is 23.7 Å². The van der Waals surface area contributed by atoms with Gasteiger partial charge in [0.05, 0.1) is 12.6 Å². The molecule has 0 amide bonds. The molecule has 3 N–H and O–H groups in total. The number of aliphatic hydroxyl groups is 1. The fraction of sp³-hybridized carbons (Fsp3) is 0.381. The number of aromatic nitrogens is 5. The number of anilines is 1. The van der Waals surface area contributed by atoms with Gasteiger partial charge in [-0.3, -0.25) is 13.9 Å². The monoisotopic (exact) mass is 442 g/mol. The summed E-state index contributed by atoms with van der Waals surface area (Å²) in [7, 11) is 3.37. The van der Waals surface area contributed by atoms with Crippen LogP contribution in [0.25, 0.3) is 22.1 Å². The van der Waals surface area contributed by atoms with Crippen LogP contribution in [0.4, 0.5) is 5.95 Å². The molecule has 0 spiro atoms. The number of benzene rings is 1. The normalized spacial score (nSPS) is 19.0. The zero-order valence-electron chi connectivity index (χ0n) is 17.2. The quantitative estimate of drug-likeness (QED) is 0.447. The number of nitrogens with one attached hydrogen (secondary N) is 2. The Hall–Kier alpha value is -3.04. The molecule has 0 unspecified atom stereocenters. The molecule has 31 heavy (non-hydrogen) atoms. The molecule has 3 aromatic heterocycles. The Morgan fingerprint density at radius 1 is 1.23 bits per heavy atom. The number of aryl methyl sites for hydroxylation is 2. The van der Waals surface area contributed by atoms with Crippen LogP contribution in [0.5, 0.6) is 0 Å². The third kappa shape index (κ3) is 3.34. The number of nitrogens with zero attached hydrogens (tertiary/aromatic N) is 4. The van der Waals surface area contributed by atoms with Crippen LogP contribution in [-0.4, -0.2) is 40.9 Å². The zero-order chi connectivity index (χ0) is 21.9. The van der Waals surface area contributed by atoms with Crippen LogP contribution in [0.2, 0.25) is 5.02 Å². The molecule has 0 radical (unpaired) electrons. The fourth-order valence-electron chi connectivity index (χ4n) is 4.40. The maximum absolute atomic E-state index is 13.3. The fourth-order valence-corrected chi connectivity index (χ4v) is 4.58. The Kier molecular flexibility index (Phi) is 4.67. The van der Waals surface area contributed by atoms with Crippen LogP contribution in [0, 0.1) is 0 Å². The highest BCUT2D eigenvalue weighted by Gasteiger charge is 2.25. The van der Waals surface area contributed by atoms with Crippen molar-refractivity contribution in [3.63, 3.8) is 0 Å². The van der Waals surface area contributed by atoms with E-state index in [-0.39, 0.29) is 18.7 Å². The summed E-state index contributed by atoms with van der Waals surface area (Å²) in [6.07, 6.45) is 1.89. The molecule has 0 bridgehead atoms. The zero-order valence-corrected chi connectivity index (χ0v) is 18.0. The smallest absolute Gasteiger partial charge is 0.332 e. The molecule has 2 atom stereocenters. The van der Waals surface area contributed by atoms with Crippen LogP contribution in [0.1, 0.15) is 25.0 Å². The molecular formula is C21H23ClN6O3. The second kappa shape index (κ2) is 7.28. The van der Waals surface area contributed by atoms with Gasteiger partial charge in [0.2, 0.25) is 5.95 Å². The van der Waals surface area contributed by atoms with Gasteiger partial charge in [0.25, 0.3) is 5.56 Å². The minimum absolute atomic E-state index is 0.0861. The number of hydrogen-bond acceptors (Lipinski definition) is 5. The van der Waals surface area contributed by atoms with E-state index in [1.165, 1.54) is 9.13 Å². The number of aromatic amines is 1. The van der Waals surface area contributed by atoms with Gasteiger partial charge in [-0.1, -0.05) is 11.6 Å². The van der Waals surface area contributed by atoms with Crippen molar-refractivity contribution < 1.29 is 5.11 Å². The summed E-state index contributed by atoms with van der Waals surface area (Å²) in [5.41, 5.74) is 1.47. The van der Waals surface area contributed by atoms with E-state index < -0.39 is 11.2 Å². The molecule has 1 fully saturated rings. The van der Waals surface area contributed by atoms with Gasteiger partial charge in [-0.2, -0.15) is 4.98 Å². The van der Waals surface area contributed by atoms with Gasteiger partial charge in [0, 0.05) is 41.8 Å². The Bertz CT molecular complexity index is 1430. The highest BCUT2D eigenvalue weighted by Crippen LogP contribution is 2.24. The number of rotatable bonds is 4. The number of H-pyrrole nitrogens is 1. The van der Waals surface area contributed by atoms with Crippen LogP contribution in [-0.2, 0) is 20.6 Å². The van der Waals surface area contributed by atoms with E-state index in [0.29, 0.717) is 28.6 Å². The van der Waals surface area contributed by atoms with Crippen LogP contribution in [0.3, 0.4) is 0 Å². The second-order valence-corrected chi connectivity index (χ2v) is 8.67. The van der Waals surface area contributed by atoms with E-state index in [0.717, 1.165) is 29.4 Å². The Morgan fingerprint density at radius 2 is 2.03 bits per heavy atom. The molecule has 3 heterocycles. The summed E-state index contributed by atoms with van der Waals surface area (Å²) in [5, 5.41) is 14.6. The largest absolute Gasteiger partial charge is 0.393 e. The molecule has 1 aliphatic carbocycles. The maximum atomic E-state index is 13.3. The molecule has 1 aromatic carbocycles. The lowest BCUT2D eigenvalue weighted by atomic mass is 10.2. The minimum Gasteiger partial charge on any atom is -0.393 e. The highest BCUT2D eigenvalue weighted by molar-refractivity contribution is 6.31. The highest BCUT2D eigenvalue weighted by atomic mass is 35.5. The van der Waals surface area contributed by atoms with E-state index in [9.17, 15) is 14.7 Å². The summed E-state index contributed by atoms with van der Waals surface area (Å²) in [6, 6.07) is 7.46. The van der Waals surface area contributed by atoms with E-state index in [1.807, 2.05) is 18.2 Å². The van der Waals surface area contributed by atoms with Crippen molar-refractivity contribution in [2.75, 3.05) is 5.32 Å². The second-order valence-electron chi connectivity index (χ2n) is 8.23. The summed E-state index contributed by atoms with van der Waals surface area (Å²) in [6.45, 7) is 0.108. The van der Waals surface area contributed by atoms with Crippen molar-refractivity contribution in [3.8, 4) is 0 Å². The number of imidazole rings is 1. The first-order valence-corrected chi connectivity index (χ1v) is 10.6. The van der Waals surface area contributed by atoms with Crippen molar-refractivity contribution >= 4 is 39.6 Å². The molecular weight excluding hydrogens is 420 g/mol. The summed E-state index contributed by atoms with van der Waals surface area (Å²) in [4.78, 5) is 34.0. The predicted molar refractivity (Wildman–Crippen MR) is 120 cm³/mol. The lowest BCUT2D eigenvalue weighted by Crippen LogP contribution is -2.39. The van der Waals surface area contributed by atoms with Crippen molar-refractivity contribution in [1.29, 1.82) is 0 Å². The Labute approximate surface area is 181 Å². The van der Waals surface area contributed by atoms with E-state index in [4.69, 9.17) is 11.6 Å². The number of fused-ring (bicyclic) bond motifs is 2. The Balaban J connectivity index is 1.57. The number of hydrogen-bond donors (Lipinski definition) is 3. The predicted octanol–water partition coefficient (Wildman–Crippen LogP) is 1.94. The summed E-state index contributed by atoms with van der Waals surface area (Å²) < 4.78 is 4.29. The molecule has 1 aliphatic rings. The first-order chi connectivity index (χ1) is 14.8. The van der Waals surface area contributed by atoms with Gasteiger partial charge < -0.3 is 20.0 Å². The summed E-state index contributed by atoms with van der Waals surface area (Å²) in [5.74, 6) is 0.513. The lowest BCUT2D eigenvalue weighted by molar-refractivity contribution is 0.182. The minimum atomic E-state index is -0.435. The molecule has 1 saturated carbocycles. The molecule has 4 aromatic rings. The van der Waals surface area contributed by atoms with Crippen LogP contribution >= 0.6 is 11.6 Å². The average Bonchev–Trinajstić information content (AvgIpc) is 3.41. The van der Waals surface area contributed by atoms with Crippen molar-refractivity contribution in [2.24, 2.45) is 14.1 Å². The number of halogens is 1. The molecule has 10 heteroatoms. The maximum Gasteiger partial charge on any atom is 0.332 e. The average molecular weight is 443 g/mol. The SMILES string of the molecule is Cn1c(N[C@H]2CC[C@@H](O)C2)nc2c1c(=O)n(Cc1cc3cc(Cl)ccc3[nH]1)c(=O)n2C. The van der Waals surface area contributed by atoms with Gasteiger partial charge in [-0.25, -0.2) is 4.79 Å². The van der Waals surface area contributed by atoms with Crippen molar-refractivity contribution in [3.05, 3.63) is 55.8 Å². The van der Waals surface area contributed by atoms with Crippen molar-refractivity contribution in [2.45, 2.75) is 38.0 Å². The van der Waals surface area contributed by atoms with Gasteiger partial charge in [-0.15, -0.1) is 0 Å². The van der Waals surface area contributed by atoms with Gasteiger partial charge in [-0.05, 0) is 43.5 Å². The third-order valence-corrected chi connectivity index (χ3v) is 6.30. The van der Waals surface area contributed by atoms with E-state index >= 15 is 0 Å². The lowest BCUT2D eigenvalue weighted by Gasteiger charge is -2.12. The van der Waals surface area contributed by atoms with E-state index in [1.54, 1.807) is 24.7 Å². The topological polar surface area (TPSA) is 110 Å². The third-order valence-electron chi connectivity index (χ3n) is 6.07. The number of aliphatic hydroxyl groups excluding tert-OH is 1. The van der Waals surface area contributed by atoms with E-state index in [2.05, 4.69) is 15.3 Å². The summed E-state index contributed by atoms with van der Waals surface area (Å²) >= 11 is 6.06. The van der Waals surface area contributed by atoms with Gasteiger partial charge in [0.15, 0.2) is 11.2 Å². The van der Waals surface area contributed by atoms with Crippen LogP contribution < -0.4 is 16.6 Å². The first kappa shape index (κ1) is 19.9. The Morgan fingerprint density at radius 3 is 2.77 bits per heavy atom. The van der Waals surface area contributed by atoms with Crippen LogP contribution in [0.15, 0.2) is 33.9 Å². The first-order valence-electron chi connectivity index (χ1n) is 10.2. The molecule has 0 aliphatic heterocycles. The van der Waals surface area contributed by atoms with Gasteiger partial charge >= 0.3 is 5.69 Å². The molecule has 162 valence electrons. The molecule has 9 nitrogen and oxygen atoms in total. The van der Waals surface area contributed by atoms with Gasteiger partial charge in [0.1, 0.15) is 0 Å². The molecule has 0 saturated heterocycles. The standard InChI is InChI=1S/C21H23ClN6O3/c1-26-17-18(25-20(26)24-13-4-5-15(29)9-13)27(2)21(31)28(19(17)30)10-14-8-11-7-12(22)3-6-16(11)23-14/h3,6-8,13,15,23,29H,4-5,9-10H2,1-2H3,(H,24,25)/t13-,15+/m0/s1. The molecule has 5 rings (SSSR count).